The maximum Gasteiger partial charge on any atom is 0.246 e. The van der Waals surface area contributed by atoms with Gasteiger partial charge in [0.1, 0.15) is 0 Å². The third-order valence-corrected chi connectivity index (χ3v) is 5.20. The fourth-order valence-corrected chi connectivity index (χ4v) is 3.45. The first-order valence-corrected chi connectivity index (χ1v) is 10.3. The number of aromatic nitrogens is 2. The van der Waals surface area contributed by atoms with E-state index in [-0.39, 0.29) is 0 Å². The number of rotatable bonds is 8. The molecule has 0 spiro atoms. The molecule has 2 heterocycles. The molecule has 0 amide bonds. The molecule has 0 bridgehead atoms. The molecular weight excluding hydrogens is 392 g/mol. The number of nitrogens with one attached hydrogen (secondary N) is 2. The molecule has 29 heavy (non-hydrogen) atoms. The molecule has 1 fully saturated rings. The molecule has 0 aliphatic carbocycles. The van der Waals surface area contributed by atoms with E-state index in [1.165, 1.54) is 0 Å². The van der Waals surface area contributed by atoms with Gasteiger partial charge in [-0.15, -0.1) is 0 Å². The van der Waals surface area contributed by atoms with E-state index in [9.17, 15) is 0 Å². The van der Waals surface area contributed by atoms with Crippen LogP contribution in [0.3, 0.4) is 0 Å². The Hall–Kier alpha value is -2.16. The molecule has 8 nitrogen and oxygen atoms in total. The molecule has 1 aliphatic rings. The molecule has 158 valence electrons. The Morgan fingerprint density at radius 1 is 1.31 bits per heavy atom. The van der Waals surface area contributed by atoms with Gasteiger partial charge in [0.2, 0.25) is 11.7 Å². The van der Waals surface area contributed by atoms with Crippen molar-refractivity contribution in [2.45, 2.75) is 31.8 Å². The molecule has 2 aromatic rings. The van der Waals surface area contributed by atoms with Crippen molar-refractivity contribution in [3.8, 4) is 11.4 Å². The second-order valence-corrected chi connectivity index (χ2v) is 7.49. The van der Waals surface area contributed by atoms with Gasteiger partial charge in [-0.25, -0.2) is 0 Å². The van der Waals surface area contributed by atoms with Crippen molar-refractivity contribution in [2.75, 3.05) is 40.4 Å². The van der Waals surface area contributed by atoms with E-state index in [2.05, 4.69) is 30.7 Å². The van der Waals surface area contributed by atoms with Gasteiger partial charge in [0, 0.05) is 57.0 Å². The van der Waals surface area contributed by atoms with Crippen LogP contribution in [0, 0.1) is 0 Å². The molecule has 1 saturated heterocycles. The smallest absolute Gasteiger partial charge is 0.246 e. The van der Waals surface area contributed by atoms with Crippen molar-refractivity contribution in [3.05, 3.63) is 35.2 Å². The van der Waals surface area contributed by atoms with E-state index in [0.717, 1.165) is 57.0 Å². The van der Waals surface area contributed by atoms with Crippen LogP contribution in [0.5, 0.6) is 0 Å². The van der Waals surface area contributed by atoms with Crippen molar-refractivity contribution in [1.82, 2.24) is 25.7 Å². The van der Waals surface area contributed by atoms with Gasteiger partial charge < -0.3 is 24.8 Å². The number of hydrogen-bond acceptors (Lipinski definition) is 6. The second kappa shape index (κ2) is 11.1. The first-order valence-electron chi connectivity index (χ1n) is 9.95. The predicted octanol–water partition coefficient (Wildman–Crippen LogP) is 2.56. The largest absolute Gasteiger partial charge is 0.385 e. The van der Waals surface area contributed by atoms with Crippen LogP contribution >= 0.6 is 11.6 Å². The number of aliphatic imine (C=N–C) groups is 1. The van der Waals surface area contributed by atoms with E-state index in [0.29, 0.717) is 29.3 Å². The average Bonchev–Trinajstić information content (AvgIpc) is 3.22. The van der Waals surface area contributed by atoms with Crippen LogP contribution in [0.1, 0.15) is 25.2 Å². The van der Waals surface area contributed by atoms with Crippen LogP contribution in [0.4, 0.5) is 0 Å². The van der Waals surface area contributed by atoms with Crippen molar-refractivity contribution in [1.29, 1.82) is 0 Å². The molecule has 9 heteroatoms. The van der Waals surface area contributed by atoms with Crippen molar-refractivity contribution in [3.63, 3.8) is 0 Å². The Kier molecular flexibility index (Phi) is 8.27. The lowest BCUT2D eigenvalue weighted by atomic mass is 10.1. The third kappa shape index (κ3) is 6.69. The molecular formula is C20H29ClN6O2. The molecule has 1 aromatic heterocycles. The average molecular weight is 421 g/mol. The molecule has 0 saturated carbocycles. The Balaban J connectivity index is 1.43. The van der Waals surface area contributed by atoms with Crippen LogP contribution in [-0.4, -0.2) is 67.4 Å². The van der Waals surface area contributed by atoms with Crippen molar-refractivity contribution >= 4 is 17.6 Å². The summed E-state index contributed by atoms with van der Waals surface area (Å²) in [5, 5.41) is 11.4. The van der Waals surface area contributed by atoms with Gasteiger partial charge >= 0.3 is 0 Å². The second-order valence-electron chi connectivity index (χ2n) is 7.05. The third-order valence-electron chi connectivity index (χ3n) is 4.95. The summed E-state index contributed by atoms with van der Waals surface area (Å²) >= 11 is 5.92. The van der Waals surface area contributed by atoms with E-state index in [1.807, 2.05) is 12.1 Å². The van der Waals surface area contributed by atoms with Gasteiger partial charge in [0.15, 0.2) is 5.96 Å². The molecule has 3 rings (SSSR count). The monoisotopic (exact) mass is 420 g/mol. The standard InChI is InChI=1S/C20H29ClN6O2/c1-22-20(24-17-8-11-27(12-9-17)10-3-13-28-2)23-14-18-25-19(26-29-18)15-4-6-16(21)7-5-15/h4-7,17H,3,8-14H2,1-2H3,(H2,22,23,24). The minimum atomic E-state index is 0.409. The summed E-state index contributed by atoms with van der Waals surface area (Å²) in [6.45, 7) is 4.51. The first kappa shape index (κ1) is 21.5. The van der Waals surface area contributed by atoms with Crippen LogP contribution in [0.2, 0.25) is 5.02 Å². The molecule has 0 unspecified atom stereocenters. The molecule has 0 atom stereocenters. The van der Waals surface area contributed by atoms with E-state index in [4.69, 9.17) is 20.9 Å². The number of guanidine groups is 1. The summed E-state index contributed by atoms with van der Waals surface area (Å²) in [7, 11) is 3.52. The molecule has 1 aromatic carbocycles. The van der Waals surface area contributed by atoms with Gasteiger partial charge in [-0.2, -0.15) is 4.98 Å². The van der Waals surface area contributed by atoms with Gasteiger partial charge in [-0.05, 0) is 43.5 Å². The first-order chi connectivity index (χ1) is 14.2. The summed E-state index contributed by atoms with van der Waals surface area (Å²) in [6, 6.07) is 7.76. The fourth-order valence-electron chi connectivity index (χ4n) is 3.32. The molecule has 0 radical (unpaired) electrons. The highest BCUT2D eigenvalue weighted by molar-refractivity contribution is 6.30. The highest BCUT2D eigenvalue weighted by Crippen LogP contribution is 2.18. The quantitative estimate of drug-likeness (QED) is 0.385. The van der Waals surface area contributed by atoms with E-state index >= 15 is 0 Å². The number of benzene rings is 1. The van der Waals surface area contributed by atoms with Crippen LogP contribution in [0.15, 0.2) is 33.8 Å². The van der Waals surface area contributed by atoms with Crippen LogP contribution in [-0.2, 0) is 11.3 Å². The maximum atomic E-state index is 5.92. The highest BCUT2D eigenvalue weighted by Gasteiger charge is 2.20. The molecule has 1 aliphatic heterocycles. The van der Waals surface area contributed by atoms with Gasteiger partial charge in [0.25, 0.3) is 0 Å². The predicted molar refractivity (Wildman–Crippen MR) is 114 cm³/mol. The summed E-state index contributed by atoms with van der Waals surface area (Å²) in [4.78, 5) is 11.2. The lowest BCUT2D eigenvalue weighted by Crippen LogP contribution is -2.48. The van der Waals surface area contributed by atoms with E-state index < -0.39 is 0 Å². The number of methoxy groups -OCH3 is 1. The summed E-state index contributed by atoms with van der Waals surface area (Å²) in [5.74, 6) is 1.79. The number of nitrogens with zero attached hydrogens (tertiary/aromatic N) is 4. The van der Waals surface area contributed by atoms with Crippen molar-refractivity contribution < 1.29 is 9.26 Å². The van der Waals surface area contributed by atoms with Gasteiger partial charge in [0.05, 0.1) is 6.54 Å². The number of ether oxygens (including phenoxy) is 1. The Morgan fingerprint density at radius 3 is 2.76 bits per heavy atom. The lowest BCUT2D eigenvalue weighted by molar-refractivity contribution is 0.155. The number of likely N-dealkylation sites (tertiary alicyclic amines) is 1. The summed E-state index contributed by atoms with van der Waals surface area (Å²) in [5.41, 5.74) is 0.865. The Morgan fingerprint density at radius 2 is 2.07 bits per heavy atom. The zero-order valence-corrected chi connectivity index (χ0v) is 17.8. The van der Waals surface area contributed by atoms with Crippen LogP contribution < -0.4 is 10.6 Å². The Labute approximate surface area is 176 Å². The SMILES string of the molecule is CN=C(NCc1nc(-c2ccc(Cl)cc2)no1)NC1CCN(CCCOC)CC1. The van der Waals surface area contributed by atoms with E-state index in [1.54, 1.807) is 26.3 Å². The fraction of sp³-hybridized carbons (Fsp3) is 0.550. The topological polar surface area (TPSA) is 87.8 Å². The van der Waals surface area contributed by atoms with Crippen LogP contribution in [0.25, 0.3) is 11.4 Å². The minimum Gasteiger partial charge on any atom is -0.385 e. The number of piperidine rings is 1. The maximum absolute atomic E-state index is 5.92. The van der Waals surface area contributed by atoms with Crippen molar-refractivity contribution in [2.24, 2.45) is 4.99 Å². The number of hydrogen-bond donors (Lipinski definition) is 2. The van der Waals surface area contributed by atoms with Gasteiger partial charge in [-0.1, -0.05) is 16.8 Å². The summed E-state index contributed by atoms with van der Waals surface area (Å²) < 4.78 is 10.5. The minimum absolute atomic E-state index is 0.409. The summed E-state index contributed by atoms with van der Waals surface area (Å²) in [6.07, 6.45) is 3.27. The lowest BCUT2D eigenvalue weighted by Gasteiger charge is -2.33. The zero-order valence-electron chi connectivity index (χ0n) is 17.0. The normalized spacial score (nSPS) is 16.2. The van der Waals surface area contributed by atoms with Gasteiger partial charge in [-0.3, -0.25) is 4.99 Å². The number of halogens is 1. The molecule has 2 N–H and O–H groups in total. The Bertz CT molecular complexity index is 772. The zero-order chi connectivity index (χ0) is 20.5. The highest BCUT2D eigenvalue weighted by atomic mass is 35.5.